The Kier molecular flexibility index (Phi) is 5.89. The van der Waals surface area contributed by atoms with Crippen molar-refractivity contribution in [3.63, 3.8) is 0 Å². The predicted octanol–water partition coefficient (Wildman–Crippen LogP) is 1.60. The van der Waals surface area contributed by atoms with Crippen LogP contribution >= 0.6 is 0 Å². The summed E-state index contributed by atoms with van der Waals surface area (Å²) in [5, 5.41) is 2.74. The van der Waals surface area contributed by atoms with E-state index in [0.717, 1.165) is 5.57 Å². The smallest absolute Gasteiger partial charge is 0.253 e. The molecule has 0 saturated heterocycles. The molecule has 0 aliphatic heterocycles. The SMILES string of the molecule is C=C(C)COCCNC(=O)c1cc(OC)ccc1N. The van der Waals surface area contributed by atoms with Crippen LogP contribution in [0.1, 0.15) is 17.3 Å². The van der Waals surface area contributed by atoms with Crippen LogP contribution in [-0.2, 0) is 4.74 Å². The second-order valence-electron chi connectivity index (χ2n) is 4.22. The Morgan fingerprint density at radius 3 is 2.84 bits per heavy atom. The summed E-state index contributed by atoms with van der Waals surface area (Å²) in [5.74, 6) is 0.355. The Morgan fingerprint density at radius 2 is 2.21 bits per heavy atom. The van der Waals surface area contributed by atoms with Gasteiger partial charge in [-0.15, -0.1) is 0 Å². The minimum Gasteiger partial charge on any atom is -0.497 e. The van der Waals surface area contributed by atoms with E-state index in [2.05, 4.69) is 11.9 Å². The van der Waals surface area contributed by atoms with E-state index in [9.17, 15) is 4.79 Å². The first-order valence-electron chi connectivity index (χ1n) is 5.98. The normalized spacial score (nSPS) is 10.0. The standard InChI is InChI=1S/C14H20N2O3/c1-10(2)9-19-7-6-16-14(17)12-8-11(18-3)4-5-13(12)15/h4-5,8H,1,6-7,9,15H2,2-3H3,(H,16,17). The number of hydrogen-bond donors (Lipinski definition) is 2. The number of rotatable bonds is 7. The summed E-state index contributed by atoms with van der Waals surface area (Å²) >= 11 is 0. The van der Waals surface area contributed by atoms with Crippen LogP contribution in [0.2, 0.25) is 0 Å². The van der Waals surface area contributed by atoms with Crippen LogP contribution in [0.4, 0.5) is 5.69 Å². The van der Waals surface area contributed by atoms with Gasteiger partial charge in [0, 0.05) is 12.2 Å². The molecule has 1 aromatic rings. The third kappa shape index (κ3) is 5.01. The zero-order chi connectivity index (χ0) is 14.3. The van der Waals surface area contributed by atoms with Crippen molar-refractivity contribution < 1.29 is 14.3 Å². The van der Waals surface area contributed by atoms with E-state index in [1.54, 1.807) is 25.3 Å². The first kappa shape index (κ1) is 15.0. The summed E-state index contributed by atoms with van der Waals surface area (Å²) in [6.07, 6.45) is 0. The van der Waals surface area contributed by atoms with Gasteiger partial charge in [0.2, 0.25) is 0 Å². The van der Waals surface area contributed by atoms with E-state index in [4.69, 9.17) is 15.2 Å². The molecule has 104 valence electrons. The zero-order valence-electron chi connectivity index (χ0n) is 11.4. The van der Waals surface area contributed by atoms with Gasteiger partial charge >= 0.3 is 0 Å². The van der Waals surface area contributed by atoms with Gasteiger partial charge in [0.25, 0.3) is 5.91 Å². The third-order valence-electron chi connectivity index (χ3n) is 2.39. The Bertz CT molecular complexity index is 458. The van der Waals surface area contributed by atoms with Crippen molar-refractivity contribution in [1.29, 1.82) is 0 Å². The molecular formula is C14H20N2O3. The van der Waals surface area contributed by atoms with Gasteiger partial charge in [-0.25, -0.2) is 0 Å². The fourth-order valence-electron chi connectivity index (χ4n) is 1.44. The highest BCUT2D eigenvalue weighted by Crippen LogP contribution is 2.19. The Morgan fingerprint density at radius 1 is 1.47 bits per heavy atom. The molecule has 1 rings (SSSR count). The lowest BCUT2D eigenvalue weighted by Crippen LogP contribution is -2.28. The summed E-state index contributed by atoms with van der Waals surface area (Å²) < 4.78 is 10.3. The number of nitrogens with one attached hydrogen (secondary N) is 1. The molecule has 5 heteroatoms. The minimum atomic E-state index is -0.240. The highest BCUT2D eigenvalue weighted by Gasteiger charge is 2.10. The number of benzene rings is 1. The summed E-state index contributed by atoms with van der Waals surface area (Å²) in [4.78, 5) is 11.9. The Balaban J connectivity index is 2.47. The number of nitrogens with two attached hydrogens (primary N) is 1. The van der Waals surface area contributed by atoms with E-state index >= 15 is 0 Å². The number of methoxy groups -OCH3 is 1. The second kappa shape index (κ2) is 7.43. The predicted molar refractivity (Wildman–Crippen MR) is 75.4 cm³/mol. The number of carbonyl (C=O) groups is 1. The number of ether oxygens (including phenoxy) is 2. The maximum atomic E-state index is 11.9. The molecule has 0 aliphatic carbocycles. The van der Waals surface area contributed by atoms with Crippen LogP contribution in [0.5, 0.6) is 5.75 Å². The van der Waals surface area contributed by atoms with E-state index in [1.807, 2.05) is 6.92 Å². The molecule has 0 heterocycles. The molecule has 0 saturated carbocycles. The van der Waals surface area contributed by atoms with Crippen molar-refractivity contribution in [3.8, 4) is 5.75 Å². The highest BCUT2D eigenvalue weighted by atomic mass is 16.5. The van der Waals surface area contributed by atoms with Gasteiger partial charge < -0.3 is 20.5 Å². The first-order chi connectivity index (χ1) is 9.04. The average molecular weight is 264 g/mol. The van der Waals surface area contributed by atoms with Crippen molar-refractivity contribution in [2.75, 3.05) is 32.6 Å². The molecule has 0 radical (unpaired) electrons. The molecule has 0 aromatic heterocycles. The fraction of sp³-hybridized carbons (Fsp3) is 0.357. The molecule has 0 spiro atoms. The lowest BCUT2D eigenvalue weighted by Gasteiger charge is -2.09. The number of carbonyl (C=O) groups excluding carboxylic acids is 1. The van der Waals surface area contributed by atoms with Crippen molar-refractivity contribution in [1.82, 2.24) is 5.32 Å². The molecule has 0 atom stereocenters. The van der Waals surface area contributed by atoms with Crippen molar-refractivity contribution >= 4 is 11.6 Å². The largest absolute Gasteiger partial charge is 0.497 e. The van der Waals surface area contributed by atoms with Crippen LogP contribution in [0.15, 0.2) is 30.4 Å². The van der Waals surface area contributed by atoms with Gasteiger partial charge in [0.1, 0.15) is 5.75 Å². The third-order valence-corrected chi connectivity index (χ3v) is 2.39. The van der Waals surface area contributed by atoms with E-state index in [-0.39, 0.29) is 5.91 Å². The number of amides is 1. The van der Waals surface area contributed by atoms with Gasteiger partial charge in [-0.1, -0.05) is 12.2 Å². The summed E-state index contributed by atoms with van der Waals surface area (Å²) in [6, 6.07) is 4.97. The molecule has 5 nitrogen and oxygen atoms in total. The van der Waals surface area contributed by atoms with Crippen LogP contribution in [0.3, 0.4) is 0 Å². The topological polar surface area (TPSA) is 73.6 Å². The maximum Gasteiger partial charge on any atom is 0.253 e. The van der Waals surface area contributed by atoms with E-state index in [1.165, 1.54) is 0 Å². The molecule has 1 aromatic carbocycles. The summed E-state index contributed by atoms with van der Waals surface area (Å²) in [6.45, 7) is 6.96. The number of nitrogen functional groups attached to an aromatic ring is 1. The quantitative estimate of drug-likeness (QED) is 0.445. The second-order valence-corrected chi connectivity index (χ2v) is 4.22. The molecule has 0 fully saturated rings. The van der Waals surface area contributed by atoms with Gasteiger partial charge in [-0.05, 0) is 25.1 Å². The highest BCUT2D eigenvalue weighted by molar-refractivity contribution is 5.99. The van der Waals surface area contributed by atoms with Crippen LogP contribution in [0, 0.1) is 0 Å². The van der Waals surface area contributed by atoms with Crippen molar-refractivity contribution in [2.45, 2.75) is 6.92 Å². The van der Waals surface area contributed by atoms with Crippen LogP contribution in [-0.4, -0.2) is 32.8 Å². The van der Waals surface area contributed by atoms with Gasteiger partial charge in [-0.3, -0.25) is 4.79 Å². The fourth-order valence-corrected chi connectivity index (χ4v) is 1.44. The first-order valence-corrected chi connectivity index (χ1v) is 5.98. The molecule has 19 heavy (non-hydrogen) atoms. The molecule has 3 N–H and O–H groups in total. The zero-order valence-corrected chi connectivity index (χ0v) is 11.4. The number of anilines is 1. The lowest BCUT2D eigenvalue weighted by atomic mass is 10.1. The van der Waals surface area contributed by atoms with Gasteiger partial charge in [0.05, 0.1) is 25.9 Å². The van der Waals surface area contributed by atoms with E-state index in [0.29, 0.717) is 36.8 Å². The van der Waals surface area contributed by atoms with Gasteiger partial charge in [0.15, 0.2) is 0 Å². The minimum absolute atomic E-state index is 0.240. The summed E-state index contributed by atoms with van der Waals surface area (Å²) in [7, 11) is 1.54. The Hall–Kier alpha value is -2.01. The molecule has 1 amide bonds. The van der Waals surface area contributed by atoms with Crippen molar-refractivity contribution in [3.05, 3.63) is 35.9 Å². The molecule has 0 unspecified atom stereocenters. The van der Waals surface area contributed by atoms with E-state index < -0.39 is 0 Å². The molecular weight excluding hydrogens is 244 g/mol. The lowest BCUT2D eigenvalue weighted by molar-refractivity contribution is 0.0927. The van der Waals surface area contributed by atoms with Crippen LogP contribution < -0.4 is 15.8 Å². The average Bonchev–Trinajstić information content (AvgIpc) is 2.38. The molecule has 0 aliphatic rings. The Labute approximate surface area is 113 Å². The van der Waals surface area contributed by atoms with Crippen LogP contribution in [0.25, 0.3) is 0 Å². The number of hydrogen-bond acceptors (Lipinski definition) is 4. The molecule has 0 bridgehead atoms. The monoisotopic (exact) mass is 264 g/mol. The van der Waals surface area contributed by atoms with Crippen molar-refractivity contribution in [2.24, 2.45) is 0 Å². The summed E-state index contributed by atoms with van der Waals surface area (Å²) in [5.41, 5.74) is 7.52. The maximum absolute atomic E-state index is 11.9. The van der Waals surface area contributed by atoms with Gasteiger partial charge in [-0.2, -0.15) is 0 Å².